The molecule has 2 N–H and O–H groups in total. The average Bonchev–Trinajstić information content (AvgIpc) is 2.26. The zero-order chi connectivity index (χ0) is 11.2. The lowest BCUT2D eigenvalue weighted by Crippen LogP contribution is -2.54. The summed E-state index contributed by atoms with van der Waals surface area (Å²) < 4.78 is 0. The molecule has 1 atom stereocenters. The summed E-state index contributed by atoms with van der Waals surface area (Å²) in [6, 6.07) is 8.66. The second kappa shape index (κ2) is 3.57. The molecule has 0 spiro atoms. The highest BCUT2D eigenvalue weighted by Gasteiger charge is 2.48. The van der Waals surface area contributed by atoms with Crippen LogP contribution in [0.15, 0.2) is 24.3 Å². The van der Waals surface area contributed by atoms with E-state index in [1.807, 2.05) is 0 Å². The van der Waals surface area contributed by atoms with Gasteiger partial charge in [-0.25, -0.2) is 0 Å². The monoisotopic (exact) mass is 217 g/mol. The highest BCUT2D eigenvalue weighted by atomic mass is 16.3. The van der Waals surface area contributed by atoms with Gasteiger partial charge >= 0.3 is 0 Å². The van der Waals surface area contributed by atoms with E-state index >= 15 is 0 Å². The van der Waals surface area contributed by atoms with Crippen molar-refractivity contribution in [2.75, 3.05) is 6.54 Å². The molecule has 0 aromatic heterocycles. The Hall–Kier alpha value is -0.860. The quantitative estimate of drug-likeness (QED) is 0.754. The molecule has 1 aromatic carbocycles. The van der Waals surface area contributed by atoms with Crippen molar-refractivity contribution >= 4 is 0 Å². The zero-order valence-corrected chi connectivity index (χ0v) is 9.74. The minimum atomic E-state index is -0.504. The summed E-state index contributed by atoms with van der Waals surface area (Å²) in [7, 11) is 0. The van der Waals surface area contributed by atoms with Gasteiger partial charge in [0, 0.05) is 0 Å². The van der Waals surface area contributed by atoms with E-state index in [2.05, 4.69) is 36.5 Å². The van der Waals surface area contributed by atoms with Crippen LogP contribution in [0.4, 0.5) is 0 Å². The smallest absolute Gasteiger partial charge is 0.0846 e. The fourth-order valence-electron chi connectivity index (χ4n) is 3.37. The predicted molar refractivity (Wildman–Crippen MR) is 64.2 cm³/mol. The molecule has 0 radical (unpaired) electrons. The highest BCUT2D eigenvalue weighted by molar-refractivity contribution is 5.35. The van der Waals surface area contributed by atoms with Gasteiger partial charge in [0.1, 0.15) is 0 Å². The van der Waals surface area contributed by atoms with E-state index in [0.717, 1.165) is 25.8 Å². The van der Waals surface area contributed by atoms with Crippen LogP contribution in [0.3, 0.4) is 0 Å². The van der Waals surface area contributed by atoms with Gasteiger partial charge in [0.25, 0.3) is 0 Å². The van der Waals surface area contributed by atoms with E-state index in [-0.39, 0.29) is 6.04 Å². The molecule has 2 heteroatoms. The first-order valence-corrected chi connectivity index (χ1v) is 6.23. The molecule has 1 aliphatic carbocycles. The third kappa shape index (κ3) is 1.48. The molecule has 0 bridgehead atoms. The number of aliphatic hydroxyl groups is 1. The van der Waals surface area contributed by atoms with E-state index < -0.39 is 5.60 Å². The lowest BCUT2D eigenvalue weighted by atomic mass is 9.65. The van der Waals surface area contributed by atoms with E-state index in [1.165, 1.54) is 11.1 Å². The number of benzene rings is 1. The Balaban J connectivity index is 1.93. The van der Waals surface area contributed by atoms with Crippen molar-refractivity contribution in [3.63, 3.8) is 0 Å². The van der Waals surface area contributed by atoms with Crippen LogP contribution in [0, 0.1) is 5.92 Å². The largest absolute Gasteiger partial charge is 0.388 e. The molecule has 0 saturated heterocycles. The Morgan fingerprint density at radius 2 is 2.06 bits per heavy atom. The zero-order valence-electron chi connectivity index (χ0n) is 9.74. The molecule has 3 rings (SSSR count). The highest BCUT2D eigenvalue weighted by Crippen LogP contribution is 2.47. The van der Waals surface area contributed by atoms with Crippen LogP contribution in [-0.2, 0) is 6.42 Å². The first kappa shape index (κ1) is 10.3. The summed E-state index contributed by atoms with van der Waals surface area (Å²) in [5.74, 6) is 0.667. The van der Waals surface area contributed by atoms with E-state index in [1.54, 1.807) is 0 Å². The van der Waals surface area contributed by atoms with E-state index in [9.17, 15) is 5.11 Å². The van der Waals surface area contributed by atoms with Gasteiger partial charge in [-0.2, -0.15) is 0 Å². The molecule has 0 amide bonds. The third-order valence-electron chi connectivity index (χ3n) is 4.05. The van der Waals surface area contributed by atoms with Crippen molar-refractivity contribution < 1.29 is 5.11 Å². The first-order valence-electron chi connectivity index (χ1n) is 6.23. The van der Waals surface area contributed by atoms with Crippen molar-refractivity contribution in [3.8, 4) is 0 Å². The number of fused-ring (bicyclic) bond motifs is 1. The molecule has 2 aliphatic rings. The van der Waals surface area contributed by atoms with Crippen LogP contribution in [0.5, 0.6) is 0 Å². The normalized spacial score (nSPS) is 37.6. The Morgan fingerprint density at radius 3 is 2.81 bits per heavy atom. The van der Waals surface area contributed by atoms with Gasteiger partial charge in [-0.15, -0.1) is 0 Å². The minimum Gasteiger partial charge on any atom is -0.388 e. The Bertz CT molecular complexity index is 395. The van der Waals surface area contributed by atoms with Crippen LogP contribution in [0.2, 0.25) is 0 Å². The lowest BCUT2D eigenvalue weighted by Gasteiger charge is -2.49. The van der Waals surface area contributed by atoms with Crippen molar-refractivity contribution in [2.45, 2.75) is 37.8 Å². The molecule has 16 heavy (non-hydrogen) atoms. The number of rotatable bonds is 1. The second-order valence-corrected chi connectivity index (χ2v) is 5.45. The van der Waals surface area contributed by atoms with Gasteiger partial charge in [0.05, 0.1) is 11.6 Å². The molecule has 1 aromatic rings. The standard InChI is InChI=1S/C14H19NO/c1-10-8-14(16,9-10)13-12-5-3-2-4-11(12)6-7-15-13/h2-5,10,13,15-16H,6-9H2,1H3. The van der Waals surface area contributed by atoms with E-state index in [0.29, 0.717) is 5.92 Å². The number of hydrogen-bond acceptors (Lipinski definition) is 2. The van der Waals surface area contributed by atoms with Crippen LogP contribution in [-0.4, -0.2) is 17.3 Å². The van der Waals surface area contributed by atoms with Crippen molar-refractivity contribution in [1.82, 2.24) is 5.32 Å². The molecule has 86 valence electrons. The SMILES string of the molecule is CC1CC(O)(C2NCCc3ccccc32)C1. The molecular weight excluding hydrogens is 198 g/mol. The van der Waals surface area contributed by atoms with Crippen LogP contribution in [0.1, 0.15) is 36.9 Å². The lowest BCUT2D eigenvalue weighted by molar-refractivity contribution is -0.0981. The second-order valence-electron chi connectivity index (χ2n) is 5.45. The molecule has 1 fully saturated rings. The minimum absolute atomic E-state index is 0.147. The van der Waals surface area contributed by atoms with Gasteiger partial charge in [-0.3, -0.25) is 0 Å². The maximum absolute atomic E-state index is 10.6. The summed E-state index contributed by atoms with van der Waals surface area (Å²) in [5.41, 5.74) is 2.21. The summed E-state index contributed by atoms with van der Waals surface area (Å²) in [6.07, 6.45) is 2.94. The van der Waals surface area contributed by atoms with Gasteiger partial charge in [0.15, 0.2) is 0 Å². The fraction of sp³-hybridized carbons (Fsp3) is 0.571. The van der Waals surface area contributed by atoms with Gasteiger partial charge in [-0.1, -0.05) is 31.2 Å². The van der Waals surface area contributed by atoms with Crippen molar-refractivity contribution in [3.05, 3.63) is 35.4 Å². The number of nitrogens with one attached hydrogen (secondary N) is 1. The summed E-state index contributed by atoms with van der Waals surface area (Å²) in [5, 5.41) is 14.1. The van der Waals surface area contributed by atoms with Gasteiger partial charge in [-0.05, 0) is 42.9 Å². The Kier molecular flexibility index (Phi) is 2.30. The number of hydrogen-bond donors (Lipinski definition) is 2. The Morgan fingerprint density at radius 1 is 1.31 bits per heavy atom. The molecule has 2 nitrogen and oxygen atoms in total. The molecular formula is C14H19NO. The van der Waals surface area contributed by atoms with Gasteiger partial charge in [0.2, 0.25) is 0 Å². The molecule has 1 saturated carbocycles. The van der Waals surface area contributed by atoms with Crippen LogP contribution in [0.25, 0.3) is 0 Å². The van der Waals surface area contributed by atoms with Crippen molar-refractivity contribution in [2.24, 2.45) is 5.92 Å². The predicted octanol–water partition coefficient (Wildman–Crippen LogP) is 2.03. The third-order valence-corrected chi connectivity index (χ3v) is 4.05. The maximum atomic E-state index is 10.6. The van der Waals surface area contributed by atoms with E-state index in [4.69, 9.17) is 0 Å². The molecule has 1 aliphatic heterocycles. The maximum Gasteiger partial charge on any atom is 0.0846 e. The molecule has 1 unspecified atom stereocenters. The van der Waals surface area contributed by atoms with Crippen molar-refractivity contribution in [1.29, 1.82) is 0 Å². The fourth-order valence-corrected chi connectivity index (χ4v) is 3.37. The summed E-state index contributed by atoms with van der Waals surface area (Å²) in [6.45, 7) is 3.20. The first-order chi connectivity index (χ1) is 7.69. The average molecular weight is 217 g/mol. The summed E-state index contributed by atoms with van der Waals surface area (Å²) >= 11 is 0. The van der Waals surface area contributed by atoms with Gasteiger partial charge < -0.3 is 10.4 Å². The van der Waals surface area contributed by atoms with Crippen LogP contribution < -0.4 is 5.32 Å². The summed E-state index contributed by atoms with van der Waals surface area (Å²) in [4.78, 5) is 0. The van der Waals surface area contributed by atoms with Crippen LogP contribution >= 0.6 is 0 Å². The molecule has 1 heterocycles. The topological polar surface area (TPSA) is 32.3 Å². The Labute approximate surface area is 96.7 Å².